The number of benzene rings is 1. The largest absolute Gasteiger partial charge is 0.372 e. The van der Waals surface area contributed by atoms with E-state index in [1.165, 1.54) is 7.11 Å². The highest BCUT2D eigenvalue weighted by Gasteiger charge is 2.13. The molecule has 0 radical (unpaired) electrons. The molecule has 1 aromatic carbocycles. The molecule has 0 spiro atoms. The molecule has 5 heteroatoms. The molecule has 5 nitrogen and oxygen atoms in total. The average molecular weight is 219 g/mol. The Morgan fingerprint density at radius 3 is 3.12 bits per heavy atom. The first-order chi connectivity index (χ1) is 7.72. The van der Waals surface area contributed by atoms with Gasteiger partial charge < -0.3 is 10.1 Å². The highest BCUT2D eigenvalue weighted by molar-refractivity contribution is 6.02. The molecule has 1 aromatic heterocycles. The van der Waals surface area contributed by atoms with Crippen LogP contribution in [0.3, 0.4) is 0 Å². The topological polar surface area (TPSA) is 67.0 Å². The van der Waals surface area contributed by atoms with Gasteiger partial charge in [-0.25, -0.2) is 0 Å². The first kappa shape index (κ1) is 10.6. The third-order valence-corrected chi connectivity index (χ3v) is 2.47. The van der Waals surface area contributed by atoms with Crippen molar-refractivity contribution in [2.24, 2.45) is 0 Å². The van der Waals surface area contributed by atoms with E-state index in [9.17, 15) is 4.79 Å². The molecule has 0 fully saturated rings. The van der Waals surface area contributed by atoms with Crippen molar-refractivity contribution in [3.05, 3.63) is 24.4 Å². The van der Waals surface area contributed by atoms with Crippen LogP contribution in [0.15, 0.2) is 24.4 Å². The summed E-state index contributed by atoms with van der Waals surface area (Å²) < 4.78 is 4.94. The van der Waals surface area contributed by atoms with Crippen LogP contribution in [-0.4, -0.2) is 29.3 Å². The second-order valence-electron chi connectivity index (χ2n) is 3.50. The minimum Gasteiger partial charge on any atom is -0.372 e. The van der Waals surface area contributed by atoms with Crippen molar-refractivity contribution >= 4 is 22.5 Å². The summed E-state index contributed by atoms with van der Waals surface area (Å²) in [5, 5.41) is 10.5. The summed E-state index contributed by atoms with van der Waals surface area (Å²) in [4.78, 5) is 11.6. The van der Waals surface area contributed by atoms with Crippen LogP contribution in [0.2, 0.25) is 0 Å². The molecule has 1 atom stereocenters. The molecule has 0 aliphatic carbocycles. The number of amides is 1. The number of hydrogen-bond acceptors (Lipinski definition) is 3. The van der Waals surface area contributed by atoms with Gasteiger partial charge >= 0.3 is 0 Å². The Hall–Kier alpha value is -1.88. The van der Waals surface area contributed by atoms with Crippen LogP contribution in [0.1, 0.15) is 6.92 Å². The van der Waals surface area contributed by atoms with Crippen LogP contribution in [0.4, 0.5) is 5.69 Å². The van der Waals surface area contributed by atoms with Crippen molar-refractivity contribution in [3.8, 4) is 0 Å². The minimum absolute atomic E-state index is 0.170. The number of hydrogen-bond donors (Lipinski definition) is 2. The van der Waals surface area contributed by atoms with Gasteiger partial charge in [0.05, 0.1) is 17.4 Å². The van der Waals surface area contributed by atoms with E-state index in [4.69, 9.17) is 4.74 Å². The number of rotatable bonds is 3. The summed E-state index contributed by atoms with van der Waals surface area (Å²) in [5.74, 6) is -0.170. The first-order valence-corrected chi connectivity index (χ1v) is 4.98. The first-order valence-electron chi connectivity index (χ1n) is 4.98. The van der Waals surface area contributed by atoms with Crippen molar-refractivity contribution in [3.63, 3.8) is 0 Å². The molecule has 1 unspecified atom stereocenters. The van der Waals surface area contributed by atoms with Gasteiger partial charge in [0.2, 0.25) is 0 Å². The number of nitrogens with zero attached hydrogens (tertiary/aromatic N) is 1. The van der Waals surface area contributed by atoms with Gasteiger partial charge in [0.25, 0.3) is 5.91 Å². The number of H-pyrrole nitrogens is 1. The zero-order valence-corrected chi connectivity index (χ0v) is 9.15. The number of fused-ring (bicyclic) bond motifs is 1. The predicted molar refractivity (Wildman–Crippen MR) is 61.2 cm³/mol. The Morgan fingerprint density at radius 1 is 1.56 bits per heavy atom. The van der Waals surface area contributed by atoms with Crippen molar-refractivity contribution in [2.75, 3.05) is 12.4 Å². The van der Waals surface area contributed by atoms with Gasteiger partial charge in [0.15, 0.2) is 0 Å². The fraction of sp³-hybridized carbons (Fsp3) is 0.273. The molecule has 2 aromatic rings. The monoisotopic (exact) mass is 219 g/mol. The summed E-state index contributed by atoms with van der Waals surface area (Å²) in [6.45, 7) is 1.70. The molecule has 2 rings (SSSR count). The normalized spacial score (nSPS) is 12.6. The highest BCUT2D eigenvalue weighted by atomic mass is 16.5. The Labute approximate surface area is 92.8 Å². The van der Waals surface area contributed by atoms with Crippen molar-refractivity contribution in [2.45, 2.75) is 13.0 Å². The number of aromatic amines is 1. The maximum absolute atomic E-state index is 11.6. The van der Waals surface area contributed by atoms with E-state index in [0.717, 1.165) is 16.6 Å². The molecule has 0 bridgehead atoms. The molecule has 0 saturated heterocycles. The second-order valence-corrected chi connectivity index (χ2v) is 3.50. The zero-order valence-electron chi connectivity index (χ0n) is 9.15. The lowest BCUT2D eigenvalue weighted by Crippen LogP contribution is -2.26. The Balaban J connectivity index is 2.27. The van der Waals surface area contributed by atoms with Crippen LogP contribution in [0.25, 0.3) is 10.9 Å². The molecular formula is C11H13N3O2. The fourth-order valence-corrected chi connectivity index (χ4v) is 1.42. The number of methoxy groups -OCH3 is 1. The average Bonchev–Trinajstić information content (AvgIpc) is 2.77. The molecule has 0 saturated carbocycles. The van der Waals surface area contributed by atoms with Gasteiger partial charge in [-0.3, -0.25) is 9.89 Å². The SMILES string of the molecule is COC(C)C(=O)Nc1cccc2[nH]ncc12. The molecule has 1 heterocycles. The standard InChI is InChI=1S/C11H13N3O2/c1-7(16-2)11(15)13-9-4-3-5-10-8(9)6-12-14-10/h3-7H,1-2H3,(H,12,14)(H,13,15). The lowest BCUT2D eigenvalue weighted by Gasteiger charge is -2.10. The van der Waals surface area contributed by atoms with Gasteiger partial charge in [-0.2, -0.15) is 5.10 Å². The predicted octanol–water partition coefficient (Wildman–Crippen LogP) is 1.54. The van der Waals surface area contributed by atoms with Gasteiger partial charge in [-0.1, -0.05) is 6.07 Å². The summed E-state index contributed by atoms with van der Waals surface area (Å²) in [6.07, 6.45) is 1.21. The summed E-state index contributed by atoms with van der Waals surface area (Å²) in [6, 6.07) is 5.59. The van der Waals surface area contributed by atoms with Gasteiger partial charge in [0.1, 0.15) is 6.10 Å². The van der Waals surface area contributed by atoms with Crippen LogP contribution in [0.5, 0.6) is 0 Å². The quantitative estimate of drug-likeness (QED) is 0.822. The Morgan fingerprint density at radius 2 is 2.38 bits per heavy atom. The van der Waals surface area contributed by atoms with Crippen LogP contribution in [-0.2, 0) is 9.53 Å². The van der Waals surface area contributed by atoms with E-state index in [2.05, 4.69) is 15.5 Å². The number of anilines is 1. The van der Waals surface area contributed by atoms with Crippen LogP contribution < -0.4 is 5.32 Å². The van der Waals surface area contributed by atoms with E-state index in [1.807, 2.05) is 18.2 Å². The van der Waals surface area contributed by atoms with Gasteiger partial charge in [-0.15, -0.1) is 0 Å². The van der Waals surface area contributed by atoms with Crippen LogP contribution in [0, 0.1) is 0 Å². The number of ether oxygens (including phenoxy) is 1. The number of carbonyl (C=O) groups excluding carboxylic acids is 1. The molecule has 0 aliphatic heterocycles. The lowest BCUT2D eigenvalue weighted by molar-refractivity contribution is -0.124. The number of carbonyl (C=O) groups is 1. The van der Waals surface area contributed by atoms with Crippen molar-refractivity contribution < 1.29 is 9.53 Å². The third kappa shape index (κ3) is 1.90. The van der Waals surface area contributed by atoms with E-state index in [1.54, 1.807) is 13.1 Å². The summed E-state index contributed by atoms with van der Waals surface area (Å²) >= 11 is 0. The van der Waals surface area contributed by atoms with Crippen molar-refractivity contribution in [1.29, 1.82) is 0 Å². The van der Waals surface area contributed by atoms with E-state index in [0.29, 0.717) is 0 Å². The van der Waals surface area contributed by atoms with Gasteiger partial charge in [0, 0.05) is 12.5 Å². The van der Waals surface area contributed by atoms with Crippen LogP contribution >= 0.6 is 0 Å². The Bertz CT molecular complexity index is 507. The maximum Gasteiger partial charge on any atom is 0.253 e. The maximum atomic E-state index is 11.6. The molecule has 1 amide bonds. The molecule has 0 aliphatic rings. The van der Waals surface area contributed by atoms with E-state index >= 15 is 0 Å². The minimum atomic E-state index is -0.470. The molecule has 2 N–H and O–H groups in total. The third-order valence-electron chi connectivity index (χ3n) is 2.47. The fourth-order valence-electron chi connectivity index (χ4n) is 1.42. The van der Waals surface area contributed by atoms with E-state index < -0.39 is 6.10 Å². The lowest BCUT2D eigenvalue weighted by atomic mass is 10.2. The summed E-state index contributed by atoms with van der Waals surface area (Å²) in [5.41, 5.74) is 1.63. The van der Waals surface area contributed by atoms with E-state index in [-0.39, 0.29) is 5.91 Å². The molecule has 84 valence electrons. The highest BCUT2D eigenvalue weighted by Crippen LogP contribution is 2.21. The second kappa shape index (κ2) is 4.32. The molecular weight excluding hydrogens is 206 g/mol. The summed E-state index contributed by atoms with van der Waals surface area (Å²) in [7, 11) is 1.50. The zero-order chi connectivity index (χ0) is 11.5. The Kier molecular flexibility index (Phi) is 2.87. The van der Waals surface area contributed by atoms with Crippen molar-refractivity contribution in [1.82, 2.24) is 10.2 Å². The number of nitrogens with one attached hydrogen (secondary N) is 2. The smallest absolute Gasteiger partial charge is 0.253 e. The van der Waals surface area contributed by atoms with Gasteiger partial charge in [-0.05, 0) is 19.1 Å². The number of aromatic nitrogens is 2. The molecule has 16 heavy (non-hydrogen) atoms.